The molecule has 5 nitrogen and oxygen atoms in total. The summed E-state index contributed by atoms with van der Waals surface area (Å²) in [7, 11) is 0. The SMILES string of the molecule is C=CCNc1nc(NCC=C(C)C)c2cc(N)ccc2n1. The first-order chi connectivity index (χ1) is 10.1. The smallest absolute Gasteiger partial charge is 0.225 e. The predicted molar refractivity (Wildman–Crippen MR) is 90.6 cm³/mol. The quantitative estimate of drug-likeness (QED) is 0.560. The van der Waals surface area contributed by atoms with Gasteiger partial charge in [-0.05, 0) is 32.0 Å². The molecule has 21 heavy (non-hydrogen) atoms. The summed E-state index contributed by atoms with van der Waals surface area (Å²) >= 11 is 0. The summed E-state index contributed by atoms with van der Waals surface area (Å²) in [4.78, 5) is 8.99. The second-order valence-corrected chi connectivity index (χ2v) is 5.00. The van der Waals surface area contributed by atoms with Crippen molar-refractivity contribution in [3.63, 3.8) is 0 Å². The van der Waals surface area contributed by atoms with Crippen LogP contribution in [0.25, 0.3) is 10.9 Å². The minimum Gasteiger partial charge on any atom is -0.399 e. The van der Waals surface area contributed by atoms with Crippen molar-refractivity contribution in [2.75, 3.05) is 29.5 Å². The standard InChI is InChI=1S/C16H21N5/c1-4-8-19-16-20-14-6-5-12(17)10-13(14)15(21-16)18-9-7-11(2)3/h4-7,10H,1,8-9,17H2,2-3H3,(H2,18,19,20,21). The number of aromatic nitrogens is 2. The lowest BCUT2D eigenvalue weighted by Crippen LogP contribution is -2.08. The fourth-order valence-electron chi connectivity index (χ4n) is 1.88. The molecule has 1 heterocycles. The molecule has 0 amide bonds. The zero-order valence-corrected chi connectivity index (χ0v) is 12.5. The van der Waals surface area contributed by atoms with Gasteiger partial charge in [0.15, 0.2) is 0 Å². The largest absolute Gasteiger partial charge is 0.399 e. The summed E-state index contributed by atoms with van der Waals surface area (Å²) in [6.45, 7) is 9.14. The van der Waals surface area contributed by atoms with Gasteiger partial charge in [-0.25, -0.2) is 4.98 Å². The number of nitrogens with one attached hydrogen (secondary N) is 2. The topological polar surface area (TPSA) is 75.9 Å². The average molecular weight is 283 g/mol. The molecule has 0 atom stereocenters. The lowest BCUT2D eigenvalue weighted by Gasteiger charge is -2.11. The molecule has 0 radical (unpaired) electrons. The van der Waals surface area contributed by atoms with Crippen LogP contribution in [0.5, 0.6) is 0 Å². The first-order valence-corrected chi connectivity index (χ1v) is 6.89. The number of rotatable bonds is 6. The van der Waals surface area contributed by atoms with E-state index in [-0.39, 0.29) is 0 Å². The summed E-state index contributed by atoms with van der Waals surface area (Å²) < 4.78 is 0. The first kappa shape index (κ1) is 14.8. The highest BCUT2D eigenvalue weighted by Crippen LogP contribution is 2.24. The van der Waals surface area contributed by atoms with Crippen LogP contribution < -0.4 is 16.4 Å². The van der Waals surface area contributed by atoms with Crippen molar-refractivity contribution in [1.29, 1.82) is 0 Å². The van der Waals surface area contributed by atoms with E-state index in [9.17, 15) is 0 Å². The second-order valence-electron chi connectivity index (χ2n) is 5.00. The molecule has 0 aliphatic rings. The number of nitrogens with zero attached hydrogens (tertiary/aromatic N) is 2. The summed E-state index contributed by atoms with van der Waals surface area (Å²) in [6.07, 6.45) is 3.88. The molecule has 0 bridgehead atoms. The van der Waals surface area contributed by atoms with Crippen molar-refractivity contribution in [1.82, 2.24) is 9.97 Å². The fraction of sp³-hybridized carbons (Fsp3) is 0.250. The molecular weight excluding hydrogens is 262 g/mol. The monoisotopic (exact) mass is 283 g/mol. The van der Waals surface area contributed by atoms with Crippen molar-refractivity contribution in [3.8, 4) is 0 Å². The van der Waals surface area contributed by atoms with Gasteiger partial charge in [-0.1, -0.05) is 17.7 Å². The van der Waals surface area contributed by atoms with Crippen molar-refractivity contribution in [3.05, 3.63) is 42.5 Å². The molecule has 0 unspecified atom stereocenters. The highest BCUT2D eigenvalue weighted by atomic mass is 15.1. The first-order valence-electron chi connectivity index (χ1n) is 6.89. The summed E-state index contributed by atoms with van der Waals surface area (Å²) in [5, 5.41) is 7.35. The van der Waals surface area contributed by atoms with Crippen molar-refractivity contribution >= 4 is 28.4 Å². The molecule has 0 fully saturated rings. The lowest BCUT2D eigenvalue weighted by molar-refractivity contribution is 1.13. The van der Waals surface area contributed by atoms with Crippen LogP contribution in [-0.4, -0.2) is 23.1 Å². The normalized spacial score (nSPS) is 10.2. The Morgan fingerprint density at radius 3 is 2.76 bits per heavy atom. The van der Waals surface area contributed by atoms with Crippen LogP contribution in [-0.2, 0) is 0 Å². The Labute approximate surface area is 125 Å². The Morgan fingerprint density at radius 2 is 2.05 bits per heavy atom. The van der Waals surface area contributed by atoms with Gasteiger partial charge in [-0.3, -0.25) is 0 Å². The summed E-state index contributed by atoms with van der Waals surface area (Å²) in [6, 6.07) is 5.63. The molecule has 2 aromatic rings. The van der Waals surface area contributed by atoms with E-state index < -0.39 is 0 Å². The van der Waals surface area contributed by atoms with Crippen LogP contribution >= 0.6 is 0 Å². The zero-order chi connectivity index (χ0) is 15.2. The molecule has 1 aromatic carbocycles. The van der Waals surface area contributed by atoms with E-state index in [1.807, 2.05) is 18.2 Å². The van der Waals surface area contributed by atoms with Crippen molar-refractivity contribution in [2.24, 2.45) is 0 Å². The van der Waals surface area contributed by atoms with E-state index in [0.29, 0.717) is 24.7 Å². The highest BCUT2D eigenvalue weighted by Gasteiger charge is 2.07. The molecule has 0 aliphatic heterocycles. The Morgan fingerprint density at radius 1 is 1.24 bits per heavy atom. The van der Waals surface area contributed by atoms with Crippen LogP contribution in [0.15, 0.2) is 42.5 Å². The van der Waals surface area contributed by atoms with Gasteiger partial charge in [0.05, 0.1) is 5.52 Å². The van der Waals surface area contributed by atoms with Gasteiger partial charge in [0.1, 0.15) is 5.82 Å². The molecule has 0 saturated carbocycles. The number of fused-ring (bicyclic) bond motifs is 1. The predicted octanol–water partition coefficient (Wildman–Crippen LogP) is 3.19. The lowest BCUT2D eigenvalue weighted by atomic mass is 10.2. The summed E-state index contributed by atoms with van der Waals surface area (Å²) in [5.41, 5.74) is 8.67. The minimum atomic E-state index is 0.576. The van der Waals surface area contributed by atoms with Crippen LogP contribution in [0.2, 0.25) is 0 Å². The van der Waals surface area contributed by atoms with E-state index in [0.717, 1.165) is 16.7 Å². The molecule has 2 rings (SSSR count). The van der Waals surface area contributed by atoms with E-state index >= 15 is 0 Å². The van der Waals surface area contributed by atoms with Crippen LogP contribution in [0, 0.1) is 0 Å². The van der Waals surface area contributed by atoms with Gasteiger partial charge in [-0.15, -0.1) is 6.58 Å². The Bertz CT molecular complexity index is 672. The molecule has 110 valence electrons. The third-order valence-corrected chi connectivity index (χ3v) is 2.90. The zero-order valence-electron chi connectivity index (χ0n) is 12.5. The molecule has 0 saturated heterocycles. The van der Waals surface area contributed by atoms with E-state index in [4.69, 9.17) is 5.73 Å². The number of hydrogen-bond acceptors (Lipinski definition) is 5. The van der Waals surface area contributed by atoms with Crippen LogP contribution in [0.4, 0.5) is 17.5 Å². The third-order valence-electron chi connectivity index (χ3n) is 2.90. The van der Waals surface area contributed by atoms with E-state index in [2.05, 4.69) is 47.1 Å². The van der Waals surface area contributed by atoms with Gasteiger partial charge >= 0.3 is 0 Å². The number of nitrogen functional groups attached to an aromatic ring is 1. The van der Waals surface area contributed by atoms with Crippen LogP contribution in [0.3, 0.4) is 0 Å². The molecule has 0 spiro atoms. The Hall–Kier alpha value is -2.56. The average Bonchev–Trinajstić information content (AvgIpc) is 2.45. The van der Waals surface area contributed by atoms with E-state index in [1.165, 1.54) is 5.57 Å². The Balaban J connectivity index is 2.39. The number of anilines is 3. The highest BCUT2D eigenvalue weighted by molar-refractivity contribution is 5.92. The van der Waals surface area contributed by atoms with Gasteiger partial charge in [0, 0.05) is 24.2 Å². The fourth-order valence-corrected chi connectivity index (χ4v) is 1.88. The molecule has 0 aliphatic carbocycles. The number of nitrogens with two attached hydrogens (primary N) is 1. The second kappa shape index (κ2) is 6.74. The maximum atomic E-state index is 5.86. The Kier molecular flexibility index (Phi) is 4.77. The maximum absolute atomic E-state index is 5.86. The van der Waals surface area contributed by atoms with Crippen molar-refractivity contribution < 1.29 is 0 Å². The molecule has 1 aromatic heterocycles. The minimum absolute atomic E-state index is 0.576. The van der Waals surface area contributed by atoms with E-state index in [1.54, 1.807) is 6.08 Å². The van der Waals surface area contributed by atoms with Gasteiger partial charge in [-0.2, -0.15) is 4.98 Å². The third kappa shape index (κ3) is 3.95. The van der Waals surface area contributed by atoms with Gasteiger partial charge < -0.3 is 16.4 Å². The van der Waals surface area contributed by atoms with Crippen LogP contribution in [0.1, 0.15) is 13.8 Å². The van der Waals surface area contributed by atoms with Gasteiger partial charge in [0.25, 0.3) is 0 Å². The summed E-state index contributed by atoms with van der Waals surface area (Å²) in [5.74, 6) is 1.35. The molecular formula is C16H21N5. The number of benzene rings is 1. The maximum Gasteiger partial charge on any atom is 0.225 e. The molecule has 5 heteroatoms. The van der Waals surface area contributed by atoms with Gasteiger partial charge in [0.2, 0.25) is 5.95 Å². The number of allylic oxidation sites excluding steroid dienone is 1. The van der Waals surface area contributed by atoms with Crippen molar-refractivity contribution in [2.45, 2.75) is 13.8 Å². The molecule has 4 N–H and O–H groups in total. The number of hydrogen-bond donors (Lipinski definition) is 3.